The Balaban J connectivity index is 0.00000160. The summed E-state index contributed by atoms with van der Waals surface area (Å²) in [6, 6.07) is 36.8. The standard InChI is InChI=1S/C25H20NOP.H2O.Pd/c27-24-17-9-7-11-20(24)19-26-23-16-8-10-18-25(23)28(21-12-3-1-4-13-21)22-14-5-2-6-15-22;;/h1-19,27H;1H2;/p+1. The van der Waals surface area contributed by atoms with E-state index in [9.17, 15) is 5.11 Å². The molecule has 0 aliphatic carbocycles. The number of para-hydroxylation sites is 2. The summed E-state index contributed by atoms with van der Waals surface area (Å²) in [4.78, 5) is 4.75. The zero-order valence-corrected chi connectivity index (χ0v) is 18.7. The number of hydrogen-bond acceptors (Lipinski definition) is 2. The normalized spacial score (nSPS) is 10.4. The molecule has 0 radical (unpaired) electrons. The van der Waals surface area contributed by atoms with Crippen LogP contribution in [-0.4, -0.2) is 16.8 Å². The van der Waals surface area contributed by atoms with Gasteiger partial charge in [0.25, 0.3) is 0 Å². The number of phenolic OH excluding ortho intramolecular Hbond substituents is 1. The second kappa shape index (κ2) is 11.6. The molecule has 0 aliphatic heterocycles. The summed E-state index contributed by atoms with van der Waals surface area (Å²) in [6.45, 7) is 0. The molecule has 3 N–H and O–H groups in total. The predicted molar refractivity (Wildman–Crippen MR) is 126 cm³/mol. The molecule has 5 heteroatoms. The van der Waals surface area contributed by atoms with E-state index in [1.807, 2.05) is 30.3 Å². The zero-order chi connectivity index (χ0) is 19.2. The summed E-state index contributed by atoms with van der Waals surface area (Å²) < 4.78 is 0. The number of benzene rings is 4. The van der Waals surface area contributed by atoms with Crippen LogP contribution >= 0.6 is 7.92 Å². The van der Waals surface area contributed by atoms with Crippen molar-refractivity contribution in [1.29, 1.82) is 0 Å². The van der Waals surface area contributed by atoms with Gasteiger partial charge >= 0.3 is 0 Å². The van der Waals surface area contributed by atoms with Crippen LogP contribution in [0.1, 0.15) is 5.56 Å². The molecule has 0 unspecified atom stereocenters. The smallest absolute Gasteiger partial charge is 0.127 e. The third-order valence-electron chi connectivity index (χ3n) is 4.58. The molecule has 0 spiro atoms. The van der Waals surface area contributed by atoms with Crippen molar-refractivity contribution in [2.24, 2.45) is 4.99 Å². The number of nitrogens with zero attached hydrogens (tertiary/aromatic N) is 1. The largest absolute Gasteiger partial charge is 0.507 e. The van der Waals surface area contributed by atoms with E-state index in [2.05, 4.69) is 72.8 Å². The van der Waals surface area contributed by atoms with E-state index >= 15 is 0 Å². The Labute approximate surface area is 191 Å². The summed E-state index contributed by atoms with van der Waals surface area (Å²) in [7, 11) is -1.20. The first-order valence-corrected chi connectivity index (χ1v) is 10.7. The van der Waals surface area contributed by atoms with Gasteiger partial charge in [-0.3, -0.25) is 4.99 Å². The van der Waals surface area contributed by atoms with E-state index < -0.39 is 7.92 Å². The van der Waals surface area contributed by atoms with Crippen molar-refractivity contribution in [3.8, 4) is 5.75 Å². The Hall–Kier alpha value is -2.60. The average molecular weight is 507 g/mol. The Bertz CT molecular complexity index is 1050. The summed E-state index contributed by atoms with van der Waals surface area (Å²) in [6.07, 6.45) is 1.74. The fraction of sp³-hybridized carbons (Fsp3) is 0. The van der Waals surface area contributed by atoms with Gasteiger partial charge in [0.1, 0.15) is 35.3 Å². The van der Waals surface area contributed by atoms with E-state index in [1.54, 1.807) is 12.3 Å². The molecule has 154 valence electrons. The van der Waals surface area contributed by atoms with Gasteiger partial charge in [0.05, 0.1) is 0 Å². The minimum absolute atomic E-state index is 0. The molecular formula is C25H23NO2PPd+. The van der Waals surface area contributed by atoms with Crippen molar-refractivity contribution in [1.82, 2.24) is 0 Å². The SMILES string of the molecule is O.Oc1ccccc1C=Nc1ccccc1[PH+](c1ccccc1)c1ccccc1.[Pd]. The van der Waals surface area contributed by atoms with Gasteiger partial charge in [-0.15, -0.1) is 0 Å². The molecule has 4 aromatic rings. The minimum Gasteiger partial charge on any atom is -0.507 e. The number of hydrogen-bond donors (Lipinski definition) is 1. The van der Waals surface area contributed by atoms with Crippen molar-refractivity contribution in [3.63, 3.8) is 0 Å². The predicted octanol–water partition coefficient (Wildman–Crippen LogP) is 3.81. The third kappa shape index (κ3) is 5.51. The molecule has 0 aliphatic rings. The molecule has 0 aromatic heterocycles. The number of aromatic hydroxyl groups is 1. The van der Waals surface area contributed by atoms with Crippen LogP contribution in [0, 0.1) is 0 Å². The molecule has 0 fully saturated rings. The Kier molecular flexibility index (Phi) is 9.12. The minimum atomic E-state index is -1.20. The van der Waals surface area contributed by atoms with Gasteiger partial charge in [-0.05, 0) is 48.5 Å². The van der Waals surface area contributed by atoms with E-state index in [4.69, 9.17) is 4.99 Å². The number of aliphatic imine (C=N–C) groups is 1. The molecule has 0 saturated carbocycles. The van der Waals surface area contributed by atoms with Crippen LogP contribution in [0.4, 0.5) is 5.69 Å². The van der Waals surface area contributed by atoms with Crippen LogP contribution in [0.25, 0.3) is 0 Å². The molecule has 0 amide bonds. The summed E-state index contributed by atoms with van der Waals surface area (Å²) in [5.41, 5.74) is 1.65. The van der Waals surface area contributed by atoms with Gasteiger partial charge in [0.15, 0.2) is 0 Å². The van der Waals surface area contributed by atoms with Gasteiger partial charge in [-0.1, -0.05) is 60.7 Å². The topological polar surface area (TPSA) is 64.1 Å². The molecule has 0 atom stereocenters. The van der Waals surface area contributed by atoms with Crippen molar-refractivity contribution >= 4 is 35.7 Å². The van der Waals surface area contributed by atoms with Gasteiger partial charge in [0.2, 0.25) is 0 Å². The molecule has 0 bridgehead atoms. The van der Waals surface area contributed by atoms with E-state index in [1.165, 1.54) is 15.9 Å². The maximum absolute atomic E-state index is 10.0. The Morgan fingerprint density at radius 1 is 0.633 bits per heavy atom. The van der Waals surface area contributed by atoms with Crippen LogP contribution in [0.15, 0.2) is 114 Å². The van der Waals surface area contributed by atoms with E-state index in [0.29, 0.717) is 5.56 Å². The van der Waals surface area contributed by atoms with Gasteiger partial charge in [-0.2, -0.15) is 0 Å². The first-order valence-electron chi connectivity index (χ1n) is 9.22. The summed E-state index contributed by atoms with van der Waals surface area (Å²) in [5, 5.41) is 13.9. The Morgan fingerprint density at radius 3 is 1.73 bits per heavy atom. The zero-order valence-electron chi connectivity index (χ0n) is 16.2. The molecule has 0 saturated heterocycles. The molecule has 4 aromatic carbocycles. The van der Waals surface area contributed by atoms with Gasteiger partial charge < -0.3 is 10.6 Å². The van der Waals surface area contributed by atoms with Crippen molar-refractivity contribution < 1.29 is 31.0 Å². The summed E-state index contributed by atoms with van der Waals surface area (Å²) in [5.74, 6) is 0.236. The molecular weight excluding hydrogens is 484 g/mol. The van der Waals surface area contributed by atoms with Crippen LogP contribution < -0.4 is 15.9 Å². The van der Waals surface area contributed by atoms with E-state index in [0.717, 1.165) is 5.69 Å². The number of phenols is 1. The maximum Gasteiger partial charge on any atom is 0.127 e. The maximum atomic E-state index is 10.0. The fourth-order valence-electron chi connectivity index (χ4n) is 3.22. The molecule has 4 rings (SSSR count). The van der Waals surface area contributed by atoms with Gasteiger partial charge in [-0.25, -0.2) is 0 Å². The Morgan fingerprint density at radius 2 is 1.13 bits per heavy atom. The average Bonchev–Trinajstić information content (AvgIpc) is 2.76. The fourth-order valence-corrected chi connectivity index (χ4v) is 5.89. The van der Waals surface area contributed by atoms with Gasteiger partial charge in [0, 0.05) is 32.2 Å². The quantitative estimate of drug-likeness (QED) is 0.250. The summed E-state index contributed by atoms with van der Waals surface area (Å²) >= 11 is 0. The van der Waals surface area contributed by atoms with Crippen LogP contribution in [0.3, 0.4) is 0 Å². The van der Waals surface area contributed by atoms with Crippen LogP contribution in [-0.2, 0) is 20.4 Å². The molecule has 30 heavy (non-hydrogen) atoms. The second-order valence-corrected chi connectivity index (χ2v) is 8.88. The van der Waals surface area contributed by atoms with Crippen molar-refractivity contribution in [3.05, 3.63) is 115 Å². The molecule has 0 heterocycles. The van der Waals surface area contributed by atoms with Crippen molar-refractivity contribution in [2.45, 2.75) is 0 Å². The van der Waals surface area contributed by atoms with E-state index in [-0.39, 0.29) is 31.6 Å². The van der Waals surface area contributed by atoms with Crippen molar-refractivity contribution in [2.75, 3.05) is 0 Å². The second-order valence-electron chi connectivity index (χ2n) is 6.44. The molecule has 3 nitrogen and oxygen atoms in total. The van der Waals surface area contributed by atoms with Crippen LogP contribution in [0.2, 0.25) is 0 Å². The monoisotopic (exact) mass is 506 g/mol. The first kappa shape index (κ1) is 23.7. The first-order chi connectivity index (χ1) is 13.8. The third-order valence-corrected chi connectivity index (χ3v) is 7.36. The van der Waals surface area contributed by atoms with Crippen LogP contribution in [0.5, 0.6) is 5.75 Å². The number of rotatable bonds is 5.